The van der Waals surface area contributed by atoms with Gasteiger partial charge in [-0.1, -0.05) is 19.4 Å². The van der Waals surface area contributed by atoms with Gasteiger partial charge < -0.3 is 9.84 Å². The highest BCUT2D eigenvalue weighted by Gasteiger charge is 2.69. The van der Waals surface area contributed by atoms with Crippen LogP contribution in [-0.4, -0.2) is 40.7 Å². The van der Waals surface area contributed by atoms with E-state index in [9.17, 15) is 23.1 Å². The Hall–Kier alpha value is -2.09. The first-order valence-corrected chi connectivity index (χ1v) is 8.06. The lowest BCUT2D eigenvalue weighted by molar-refractivity contribution is -0.312. The number of nitrogens with zero attached hydrogens (tertiary/aromatic N) is 2. The molecule has 0 bridgehead atoms. The number of alkyl halides is 3. The summed E-state index contributed by atoms with van der Waals surface area (Å²) in [6.45, 7) is 1.77. The first-order valence-electron chi connectivity index (χ1n) is 8.06. The number of fused-ring (bicyclic) bond motifs is 1. The van der Waals surface area contributed by atoms with Crippen molar-refractivity contribution in [2.24, 2.45) is 16.9 Å². The van der Waals surface area contributed by atoms with E-state index in [4.69, 9.17) is 4.74 Å². The number of rotatable bonds is 2. The van der Waals surface area contributed by atoms with Crippen LogP contribution >= 0.6 is 0 Å². The van der Waals surface area contributed by atoms with Crippen molar-refractivity contribution in [3.63, 3.8) is 0 Å². The zero-order valence-electron chi connectivity index (χ0n) is 13.9. The number of carbonyl (C=O) groups is 1. The van der Waals surface area contributed by atoms with Crippen molar-refractivity contribution < 1.29 is 27.8 Å². The second-order valence-electron chi connectivity index (χ2n) is 6.48. The van der Waals surface area contributed by atoms with Gasteiger partial charge in [0.05, 0.1) is 13.0 Å². The summed E-state index contributed by atoms with van der Waals surface area (Å²) in [5.74, 6) is -2.12. The third-order valence-corrected chi connectivity index (χ3v) is 4.94. The molecule has 1 aliphatic carbocycles. The lowest BCUT2D eigenvalue weighted by atomic mass is 9.75. The molecule has 0 saturated heterocycles. The zero-order valence-corrected chi connectivity index (χ0v) is 13.9. The van der Waals surface area contributed by atoms with E-state index in [0.717, 1.165) is 0 Å². The maximum atomic E-state index is 13.8. The Morgan fingerprint density at radius 2 is 2.12 bits per heavy atom. The molecule has 3 atom stereocenters. The maximum absolute atomic E-state index is 13.8. The zero-order chi connectivity index (χ0) is 18.4. The van der Waals surface area contributed by atoms with Crippen LogP contribution in [0.3, 0.4) is 0 Å². The molecule has 8 heteroatoms. The van der Waals surface area contributed by atoms with Crippen LogP contribution in [0.2, 0.25) is 0 Å². The van der Waals surface area contributed by atoms with Crippen molar-refractivity contribution in [1.82, 2.24) is 5.01 Å². The Morgan fingerprint density at radius 1 is 1.40 bits per heavy atom. The molecular formula is C17H19F3N2O3. The third kappa shape index (κ3) is 2.68. The Balaban J connectivity index is 2.06. The maximum Gasteiger partial charge on any atom is 0.439 e. The molecular weight excluding hydrogens is 337 g/mol. The summed E-state index contributed by atoms with van der Waals surface area (Å²) in [6, 6.07) is 5.76. The summed E-state index contributed by atoms with van der Waals surface area (Å²) in [6.07, 6.45) is -3.65. The minimum absolute atomic E-state index is 0.0299. The summed E-state index contributed by atoms with van der Waals surface area (Å²) in [5.41, 5.74) is -3.11. The number of aliphatic hydroxyl groups is 1. The van der Waals surface area contributed by atoms with Crippen LogP contribution in [0.1, 0.15) is 36.5 Å². The summed E-state index contributed by atoms with van der Waals surface area (Å²) >= 11 is 0. The number of hydrogen-bond donors (Lipinski definition) is 1. The molecule has 1 amide bonds. The summed E-state index contributed by atoms with van der Waals surface area (Å²) in [4.78, 5) is 12.7. The average Bonchev–Trinajstić information content (AvgIpc) is 2.90. The van der Waals surface area contributed by atoms with Gasteiger partial charge >= 0.3 is 6.18 Å². The Labute approximate surface area is 143 Å². The van der Waals surface area contributed by atoms with Gasteiger partial charge in [-0.2, -0.15) is 23.3 Å². The largest absolute Gasteiger partial charge is 0.497 e. The van der Waals surface area contributed by atoms with E-state index in [1.54, 1.807) is 13.0 Å². The predicted molar refractivity (Wildman–Crippen MR) is 84.1 cm³/mol. The second kappa shape index (κ2) is 6.01. The highest BCUT2D eigenvalue weighted by atomic mass is 19.4. The standard InChI is InChI=1S/C17H19F3N2O3/c1-10-5-3-8-13-14(10)21-22(16(13,24)17(18,19)20)15(23)11-6-4-7-12(9-11)25-2/h4,6-7,9-10,13,24H,3,5,8H2,1-2H3/t10-,13-,16-/m1/s1. The Bertz CT molecular complexity index is 719. The highest BCUT2D eigenvalue weighted by molar-refractivity contribution is 6.00. The molecule has 1 aromatic rings. The van der Waals surface area contributed by atoms with Crippen molar-refractivity contribution in [2.45, 2.75) is 38.1 Å². The second-order valence-corrected chi connectivity index (χ2v) is 6.48. The van der Waals surface area contributed by atoms with Gasteiger partial charge in [0.25, 0.3) is 11.6 Å². The van der Waals surface area contributed by atoms with Gasteiger partial charge in [0.1, 0.15) is 5.75 Å². The van der Waals surface area contributed by atoms with Crippen LogP contribution in [-0.2, 0) is 0 Å². The molecule has 0 unspecified atom stereocenters. The van der Waals surface area contributed by atoms with Crippen LogP contribution in [0.4, 0.5) is 13.2 Å². The number of hydrazone groups is 1. The number of benzene rings is 1. The molecule has 1 saturated carbocycles. The van der Waals surface area contributed by atoms with Crippen molar-refractivity contribution in [3.05, 3.63) is 29.8 Å². The van der Waals surface area contributed by atoms with Crippen LogP contribution in [0.15, 0.2) is 29.4 Å². The van der Waals surface area contributed by atoms with E-state index in [1.807, 2.05) is 0 Å². The number of ether oxygens (including phenoxy) is 1. The fourth-order valence-electron chi connectivity index (χ4n) is 3.58. The first-order chi connectivity index (χ1) is 11.7. The molecule has 1 aliphatic heterocycles. The van der Waals surface area contributed by atoms with Gasteiger partial charge in [0.2, 0.25) is 0 Å². The van der Waals surface area contributed by atoms with E-state index in [0.29, 0.717) is 18.6 Å². The molecule has 1 heterocycles. The van der Waals surface area contributed by atoms with Crippen molar-refractivity contribution in [1.29, 1.82) is 0 Å². The van der Waals surface area contributed by atoms with Crippen molar-refractivity contribution in [2.75, 3.05) is 7.11 Å². The van der Waals surface area contributed by atoms with Crippen LogP contribution in [0, 0.1) is 11.8 Å². The van der Waals surface area contributed by atoms with Gasteiger partial charge in [-0.15, -0.1) is 0 Å². The third-order valence-electron chi connectivity index (χ3n) is 4.94. The Morgan fingerprint density at radius 3 is 2.76 bits per heavy atom. The molecule has 0 radical (unpaired) electrons. The van der Waals surface area contributed by atoms with E-state index in [-0.39, 0.29) is 28.6 Å². The minimum atomic E-state index is -5.02. The SMILES string of the molecule is COc1cccc(C(=O)N2N=C3[C@H](C)CCC[C@H]3[C@@]2(O)C(F)(F)F)c1. The molecule has 1 N–H and O–H groups in total. The van der Waals surface area contributed by atoms with Gasteiger partial charge in [-0.3, -0.25) is 4.79 Å². The highest BCUT2D eigenvalue weighted by Crippen LogP contribution is 2.49. The smallest absolute Gasteiger partial charge is 0.439 e. The molecule has 25 heavy (non-hydrogen) atoms. The average molecular weight is 356 g/mol. The van der Waals surface area contributed by atoms with Gasteiger partial charge in [-0.25, -0.2) is 0 Å². The van der Waals surface area contributed by atoms with E-state index in [1.165, 1.54) is 25.3 Å². The quantitative estimate of drug-likeness (QED) is 0.885. The summed E-state index contributed by atoms with van der Waals surface area (Å²) < 4.78 is 46.3. The molecule has 136 valence electrons. The van der Waals surface area contributed by atoms with Gasteiger partial charge in [0, 0.05) is 11.3 Å². The predicted octanol–water partition coefficient (Wildman–Crippen LogP) is 3.19. The van der Waals surface area contributed by atoms with Crippen LogP contribution < -0.4 is 4.74 Å². The number of carbonyl (C=O) groups excluding carboxylic acids is 1. The van der Waals surface area contributed by atoms with E-state index >= 15 is 0 Å². The van der Waals surface area contributed by atoms with E-state index in [2.05, 4.69) is 5.10 Å². The van der Waals surface area contributed by atoms with Crippen molar-refractivity contribution in [3.8, 4) is 5.75 Å². The Kier molecular flexibility index (Phi) is 4.26. The van der Waals surface area contributed by atoms with Gasteiger partial charge in [-0.05, 0) is 37.0 Å². The fourth-order valence-corrected chi connectivity index (χ4v) is 3.58. The molecule has 1 aromatic carbocycles. The molecule has 3 rings (SSSR count). The molecule has 2 aliphatic rings. The summed E-state index contributed by atoms with van der Waals surface area (Å²) in [7, 11) is 1.39. The first kappa shape index (κ1) is 17.7. The molecule has 1 fully saturated rings. The topological polar surface area (TPSA) is 62.1 Å². The minimum Gasteiger partial charge on any atom is -0.497 e. The lowest BCUT2D eigenvalue weighted by Crippen LogP contribution is -2.61. The molecule has 0 aromatic heterocycles. The van der Waals surface area contributed by atoms with Crippen molar-refractivity contribution >= 4 is 11.6 Å². The number of amides is 1. The monoisotopic (exact) mass is 356 g/mol. The summed E-state index contributed by atoms with van der Waals surface area (Å²) in [5, 5.41) is 14.7. The molecule has 5 nitrogen and oxygen atoms in total. The fraction of sp³-hybridized carbons (Fsp3) is 0.529. The number of methoxy groups -OCH3 is 1. The number of hydrogen-bond acceptors (Lipinski definition) is 4. The number of halogens is 3. The normalized spacial score (nSPS) is 29.2. The van der Waals surface area contributed by atoms with E-state index < -0.39 is 23.7 Å². The van der Waals surface area contributed by atoms with Crippen LogP contribution in [0.25, 0.3) is 0 Å². The lowest BCUT2D eigenvalue weighted by Gasteiger charge is -2.39. The van der Waals surface area contributed by atoms with Crippen LogP contribution in [0.5, 0.6) is 5.75 Å². The van der Waals surface area contributed by atoms with Gasteiger partial charge in [0.15, 0.2) is 0 Å². The molecule has 0 spiro atoms.